The summed E-state index contributed by atoms with van der Waals surface area (Å²) in [6.45, 7) is -0.436. The first-order valence-electron chi connectivity index (χ1n) is 5.48. The molecule has 1 aromatic heterocycles. The maximum absolute atomic E-state index is 11.7. The van der Waals surface area contributed by atoms with E-state index in [4.69, 9.17) is 9.84 Å². The monoisotopic (exact) mass is 254 g/mol. The Morgan fingerprint density at radius 3 is 2.72 bits per heavy atom. The number of nitrogens with zero attached hydrogens (tertiary/aromatic N) is 1. The Morgan fingerprint density at radius 2 is 2.17 bits per heavy atom. The van der Waals surface area contributed by atoms with Gasteiger partial charge in [-0.25, -0.2) is 0 Å². The van der Waals surface area contributed by atoms with Gasteiger partial charge in [0.2, 0.25) is 0 Å². The van der Waals surface area contributed by atoms with Crippen LogP contribution in [0.4, 0.5) is 0 Å². The van der Waals surface area contributed by atoms with Crippen LogP contribution in [0.5, 0.6) is 0 Å². The normalized spacial score (nSPS) is 31.3. The minimum absolute atomic E-state index is 0.176. The number of aromatic nitrogens is 1. The molecule has 7 nitrogen and oxygen atoms in total. The summed E-state index contributed by atoms with van der Waals surface area (Å²) in [6.07, 6.45) is -3.02. The smallest absolute Gasteiger partial charge is 0.271 e. The molecule has 4 atom stereocenters. The maximum Gasteiger partial charge on any atom is 0.271 e. The summed E-state index contributed by atoms with van der Waals surface area (Å²) < 4.78 is 5.12. The van der Waals surface area contributed by atoms with Crippen molar-refractivity contribution in [3.05, 3.63) is 30.1 Å². The molecule has 2 rings (SSSR count). The minimum Gasteiger partial charge on any atom is -0.394 e. The van der Waals surface area contributed by atoms with E-state index in [2.05, 4.69) is 10.3 Å². The van der Waals surface area contributed by atoms with Gasteiger partial charge < -0.3 is 25.4 Å². The van der Waals surface area contributed by atoms with Gasteiger partial charge in [-0.05, 0) is 12.1 Å². The van der Waals surface area contributed by atoms with E-state index in [1.165, 1.54) is 12.3 Å². The standard InChI is InChI=1S/C11H14N2O5/c14-5-7-8(15)9(16)11(18-7)13-10(17)6-3-1-2-4-12-6/h1-4,7-9,11,14-16H,5H2,(H,13,17)/t7-,8-,9-,11-/m1/s1. The number of nitrogens with one attached hydrogen (secondary N) is 1. The summed E-state index contributed by atoms with van der Waals surface area (Å²) in [7, 11) is 0. The van der Waals surface area contributed by atoms with Crippen molar-refractivity contribution in [3.63, 3.8) is 0 Å². The Balaban J connectivity index is 2.00. The highest BCUT2D eigenvalue weighted by Crippen LogP contribution is 2.19. The van der Waals surface area contributed by atoms with Crippen LogP contribution >= 0.6 is 0 Å². The number of hydrogen-bond acceptors (Lipinski definition) is 6. The van der Waals surface area contributed by atoms with Gasteiger partial charge in [-0.1, -0.05) is 6.07 Å². The number of ether oxygens (including phenoxy) is 1. The summed E-state index contributed by atoms with van der Waals surface area (Å²) in [4.78, 5) is 15.6. The second-order valence-corrected chi connectivity index (χ2v) is 3.95. The third kappa shape index (κ3) is 2.49. The van der Waals surface area contributed by atoms with E-state index in [1.54, 1.807) is 12.1 Å². The SMILES string of the molecule is O=C(N[C@@H]1O[C@H](CO)[C@@H](O)[C@H]1O)c1ccccn1. The van der Waals surface area contributed by atoms with E-state index in [0.717, 1.165) is 0 Å². The molecule has 1 fully saturated rings. The molecule has 0 aliphatic carbocycles. The van der Waals surface area contributed by atoms with Gasteiger partial charge in [0.1, 0.15) is 24.0 Å². The number of rotatable bonds is 3. The molecule has 7 heteroatoms. The van der Waals surface area contributed by atoms with Crippen molar-refractivity contribution in [1.82, 2.24) is 10.3 Å². The number of aliphatic hydroxyl groups is 3. The molecule has 2 heterocycles. The van der Waals surface area contributed by atoms with Gasteiger partial charge >= 0.3 is 0 Å². The molecule has 0 unspecified atom stereocenters. The van der Waals surface area contributed by atoms with Gasteiger partial charge in [-0.2, -0.15) is 0 Å². The summed E-state index contributed by atoms with van der Waals surface area (Å²) in [5.74, 6) is -0.523. The molecule has 98 valence electrons. The fourth-order valence-electron chi connectivity index (χ4n) is 1.72. The average molecular weight is 254 g/mol. The zero-order valence-electron chi connectivity index (χ0n) is 9.43. The molecule has 1 amide bonds. The van der Waals surface area contributed by atoms with Gasteiger partial charge in [-0.15, -0.1) is 0 Å². The Bertz CT molecular complexity index is 413. The second-order valence-electron chi connectivity index (χ2n) is 3.95. The van der Waals surface area contributed by atoms with Gasteiger partial charge in [0.25, 0.3) is 5.91 Å². The first kappa shape index (κ1) is 12.9. The third-order valence-electron chi connectivity index (χ3n) is 2.71. The molecule has 1 aliphatic rings. The number of pyridine rings is 1. The van der Waals surface area contributed by atoms with Crippen molar-refractivity contribution in [2.45, 2.75) is 24.5 Å². The molecule has 1 aliphatic heterocycles. The van der Waals surface area contributed by atoms with E-state index in [-0.39, 0.29) is 5.69 Å². The number of carbonyl (C=O) groups is 1. The quantitative estimate of drug-likeness (QED) is 0.509. The summed E-state index contributed by atoms with van der Waals surface area (Å²) in [5.41, 5.74) is 0.176. The van der Waals surface area contributed by atoms with E-state index < -0.39 is 37.1 Å². The zero-order valence-corrected chi connectivity index (χ0v) is 9.43. The Kier molecular flexibility index (Phi) is 3.87. The molecule has 0 spiro atoms. The molecule has 4 N–H and O–H groups in total. The summed E-state index contributed by atoms with van der Waals surface area (Å²) in [5, 5.41) is 30.4. The fraction of sp³-hybridized carbons (Fsp3) is 0.455. The largest absolute Gasteiger partial charge is 0.394 e. The zero-order chi connectivity index (χ0) is 13.1. The van der Waals surface area contributed by atoms with E-state index in [1.807, 2.05) is 0 Å². The molecular formula is C11H14N2O5. The topological polar surface area (TPSA) is 112 Å². The van der Waals surface area contributed by atoms with Crippen molar-refractivity contribution < 1.29 is 24.9 Å². The Labute approximate surface area is 103 Å². The summed E-state index contributed by atoms with van der Waals surface area (Å²) in [6, 6.07) is 4.83. The van der Waals surface area contributed by atoms with E-state index in [0.29, 0.717) is 0 Å². The van der Waals surface area contributed by atoms with Gasteiger partial charge in [-0.3, -0.25) is 9.78 Å². The first-order chi connectivity index (χ1) is 8.63. The van der Waals surface area contributed by atoms with Crippen LogP contribution < -0.4 is 5.32 Å². The molecule has 0 aromatic carbocycles. The van der Waals surface area contributed by atoms with Crippen molar-refractivity contribution >= 4 is 5.91 Å². The number of hydrogen-bond donors (Lipinski definition) is 4. The van der Waals surface area contributed by atoms with Crippen molar-refractivity contribution in [3.8, 4) is 0 Å². The predicted molar refractivity (Wildman–Crippen MR) is 59.5 cm³/mol. The Morgan fingerprint density at radius 1 is 1.39 bits per heavy atom. The molecule has 0 saturated carbocycles. The lowest BCUT2D eigenvalue weighted by atomic mass is 10.1. The van der Waals surface area contributed by atoms with E-state index >= 15 is 0 Å². The minimum atomic E-state index is -1.28. The molecule has 0 radical (unpaired) electrons. The van der Waals surface area contributed by atoms with Crippen LogP contribution in [0.3, 0.4) is 0 Å². The van der Waals surface area contributed by atoms with E-state index in [9.17, 15) is 15.0 Å². The fourth-order valence-corrected chi connectivity index (χ4v) is 1.72. The highest BCUT2D eigenvalue weighted by Gasteiger charge is 2.43. The van der Waals surface area contributed by atoms with Crippen LogP contribution in [0.2, 0.25) is 0 Å². The molecule has 1 aromatic rings. The van der Waals surface area contributed by atoms with Crippen LogP contribution in [0.15, 0.2) is 24.4 Å². The van der Waals surface area contributed by atoms with Crippen molar-refractivity contribution in [2.75, 3.05) is 6.61 Å². The van der Waals surface area contributed by atoms with Crippen molar-refractivity contribution in [1.29, 1.82) is 0 Å². The number of aliphatic hydroxyl groups excluding tert-OH is 3. The molecule has 1 saturated heterocycles. The molecule has 0 bridgehead atoms. The van der Waals surface area contributed by atoms with Crippen molar-refractivity contribution in [2.24, 2.45) is 0 Å². The second kappa shape index (κ2) is 5.40. The molecular weight excluding hydrogens is 240 g/mol. The maximum atomic E-state index is 11.7. The number of carbonyl (C=O) groups excluding carboxylic acids is 1. The number of amides is 1. The van der Waals surface area contributed by atoms with Crippen LogP contribution in [0.25, 0.3) is 0 Å². The lowest BCUT2D eigenvalue weighted by Crippen LogP contribution is -2.44. The Hall–Kier alpha value is -1.54. The van der Waals surface area contributed by atoms with Gasteiger partial charge in [0.15, 0.2) is 6.23 Å². The van der Waals surface area contributed by atoms with Crippen LogP contribution in [-0.4, -0.2) is 57.4 Å². The van der Waals surface area contributed by atoms with Crippen LogP contribution in [-0.2, 0) is 4.74 Å². The van der Waals surface area contributed by atoms with Gasteiger partial charge in [0.05, 0.1) is 6.61 Å². The molecule has 18 heavy (non-hydrogen) atoms. The van der Waals surface area contributed by atoms with Gasteiger partial charge in [0, 0.05) is 6.20 Å². The third-order valence-corrected chi connectivity index (χ3v) is 2.71. The average Bonchev–Trinajstić information content (AvgIpc) is 2.67. The lowest BCUT2D eigenvalue weighted by molar-refractivity contribution is -0.0305. The van der Waals surface area contributed by atoms with Crippen LogP contribution in [0.1, 0.15) is 10.5 Å². The van der Waals surface area contributed by atoms with Crippen LogP contribution in [0, 0.1) is 0 Å². The highest BCUT2D eigenvalue weighted by molar-refractivity contribution is 5.92. The first-order valence-corrected chi connectivity index (χ1v) is 5.48. The lowest BCUT2D eigenvalue weighted by Gasteiger charge is -2.15. The summed E-state index contributed by atoms with van der Waals surface area (Å²) >= 11 is 0. The highest BCUT2D eigenvalue weighted by atomic mass is 16.6. The predicted octanol–water partition coefficient (Wildman–Crippen LogP) is -1.75.